The van der Waals surface area contributed by atoms with Gasteiger partial charge >= 0.3 is 23.9 Å². The quantitative estimate of drug-likeness (QED) is 0.346. The number of rotatable bonds is 6. The summed E-state index contributed by atoms with van der Waals surface area (Å²) in [5, 5.41) is 2.75. The molecule has 0 aromatic heterocycles. The van der Waals surface area contributed by atoms with Gasteiger partial charge in [-0.2, -0.15) is 0 Å². The van der Waals surface area contributed by atoms with E-state index in [1.165, 1.54) is 0 Å². The summed E-state index contributed by atoms with van der Waals surface area (Å²) in [6, 6.07) is 0. The van der Waals surface area contributed by atoms with Crippen LogP contribution in [0.15, 0.2) is 0 Å². The predicted octanol–water partition coefficient (Wildman–Crippen LogP) is 4.34. The molecular weight excluding hydrogens is 546 g/mol. The van der Waals surface area contributed by atoms with Crippen LogP contribution in [-0.2, 0) is 47.7 Å². The molecule has 1 saturated heterocycles. The minimum Gasteiger partial charge on any atom is -0.462 e. The number of nitrogens with one attached hydrogen (secondary N) is 1. The standard InChI is InChI=1S/C31H53NO10/c1-27(2,3)22(33)32-21-20(42-26(37)31(13,14)15)19(41-25(36)30(10,11)12)18(40-24(35)29(7,8)9)17(39-21)16-38-23(34)28(4,5)6/h17-21H,16H2,1-15H3,(H,32,33)/t17-,18+,19+,20-,21+/m0/s1. The van der Waals surface area contributed by atoms with Crippen molar-refractivity contribution in [1.82, 2.24) is 5.32 Å². The van der Waals surface area contributed by atoms with Gasteiger partial charge in [0.15, 0.2) is 24.5 Å². The number of amides is 1. The molecule has 11 heteroatoms. The summed E-state index contributed by atoms with van der Waals surface area (Å²) >= 11 is 0. The Bertz CT molecular complexity index is 1010. The van der Waals surface area contributed by atoms with Gasteiger partial charge in [-0.15, -0.1) is 0 Å². The minimum absolute atomic E-state index is 0.399. The summed E-state index contributed by atoms with van der Waals surface area (Å²) < 4.78 is 29.5. The average Bonchev–Trinajstić information content (AvgIpc) is 2.77. The summed E-state index contributed by atoms with van der Waals surface area (Å²) in [6.07, 6.45) is -6.75. The Balaban J connectivity index is 3.82. The van der Waals surface area contributed by atoms with Crippen molar-refractivity contribution >= 4 is 29.8 Å². The van der Waals surface area contributed by atoms with Gasteiger partial charge in [0.25, 0.3) is 0 Å². The molecule has 1 N–H and O–H groups in total. The van der Waals surface area contributed by atoms with Crippen LogP contribution in [-0.4, -0.2) is 67.0 Å². The van der Waals surface area contributed by atoms with Crippen LogP contribution in [0.1, 0.15) is 104 Å². The second-order valence-electron chi connectivity index (χ2n) is 16.0. The van der Waals surface area contributed by atoms with E-state index >= 15 is 0 Å². The summed E-state index contributed by atoms with van der Waals surface area (Å²) in [5.41, 5.74) is -4.67. The van der Waals surface area contributed by atoms with Crippen molar-refractivity contribution in [2.24, 2.45) is 27.1 Å². The Hall–Kier alpha value is -2.69. The van der Waals surface area contributed by atoms with Gasteiger partial charge in [0.1, 0.15) is 12.7 Å². The number of hydrogen-bond donors (Lipinski definition) is 1. The van der Waals surface area contributed by atoms with Crippen molar-refractivity contribution in [3.8, 4) is 0 Å². The molecule has 0 aromatic rings. The van der Waals surface area contributed by atoms with Crippen LogP contribution in [0.4, 0.5) is 0 Å². The van der Waals surface area contributed by atoms with Gasteiger partial charge in [0.2, 0.25) is 5.91 Å². The molecule has 1 heterocycles. The van der Waals surface area contributed by atoms with Crippen molar-refractivity contribution in [2.75, 3.05) is 6.61 Å². The third-order valence-corrected chi connectivity index (χ3v) is 6.15. The van der Waals surface area contributed by atoms with E-state index in [9.17, 15) is 24.0 Å². The highest BCUT2D eigenvalue weighted by Gasteiger charge is 2.55. The van der Waals surface area contributed by atoms with Crippen LogP contribution in [0.3, 0.4) is 0 Å². The third-order valence-electron chi connectivity index (χ3n) is 6.15. The van der Waals surface area contributed by atoms with Gasteiger partial charge in [-0.05, 0) is 83.1 Å². The number of carbonyl (C=O) groups excluding carboxylic acids is 5. The molecule has 11 nitrogen and oxygen atoms in total. The third kappa shape index (κ3) is 10.5. The molecule has 0 unspecified atom stereocenters. The Kier molecular flexibility index (Phi) is 11.5. The molecule has 242 valence electrons. The summed E-state index contributed by atoms with van der Waals surface area (Å²) in [4.78, 5) is 65.4. The maximum absolute atomic E-state index is 13.3. The van der Waals surface area contributed by atoms with Crippen LogP contribution in [0.25, 0.3) is 0 Å². The van der Waals surface area contributed by atoms with E-state index in [0.717, 1.165) is 0 Å². The van der Waals surface area contributed by atoms with Crippen LogP contribution in [0.2, 0.25) is 0 Å². The lowest BCUT2D eigenvalue weighted by atomic mass is 9.91. The van der Waals surface area contributed by atoms with E-state index in [-0.39, 0.29) is 0 Å². The highest BCUT2D eigenvalue weighted by atomic mass is 16.7. The zero-order chi connectivity index (χ0) is 33.2. The van der Waals surface area contributed by atoms with Gasteiger partial charge in [-0.1, -0.05) is 20.8 Å². The molecule has 0 aliphatic carbocycles. The maximum Gasteiger partial charge on any atom is 0.311 e. The lowest BCUT2D eigenvalue weighted by Gasteiger charge is -2.46. The monoisotopic (exact) mass is 599 g/mol. The van der Waals surface area contributed by atoms with Crippen molar-refractivity contribution in [1.29, 1.82) is 0 Å². The molecule has 0 saturated carbocycles. The summed E-state index contributed by atoms with van der Waals surface area (Å²) in [5.74, 6) is -2.98. The second-order valence-corrected chi connectivity index (χ2v) is 16.0. The first-order valence-corrected chi connectivity index (χ1v) is 14.3. The van der Waals surface area contributed by atoms with Crippen molar-refractivity contribution in [3.63, 3.8) is 0 Å². The first-order valence-electron chi connectivity index (χ1n) is 14.3. The van der Waals surface area contributed by atoms with Gasteiger partial charge < -0.3 is 29.0 Å². The van der Waals surface area contributed by atoms with E-state index in [1.54, 1.807) is 104 Å². The van der Waals surface area contributed by atoms with Crippen LogP contribution in [0, 0.1) is 27.1 Å². The Labute approximate surface area is 251 Å². The SMILES string of the molecule is CC(C)(C)C(=O)N[C@@H]1O[C@@H](COC(=O)C(C)(C)C)[C@@H](OC(=O)C(C)(C)C)[C@@H](OC(=O)C(C)(C)C)[C@@H]1OC(=O)C(C)(C)C. The molecule has 1 rings (SSSR count). The number of carbonyl (C=O) groups is 5. The van der Waals surface area contributed by atoms with Crippen LogP contribution < -0.4 is 5.32 Å². The molecule has 0 bridgehead atoms. The summed E-state index contributed by atoms with van der Waals surface area (Å²) in [6.45, 7) is 24.5. The lowest BCUT2D eigenvalue weighted by molar-refractivity contribution is -0.264. The van der Waals surface area contributed by atoms with E-state index in [2.05, 4.69) is 5.32 Å². The number of hydrogen-bond acceptors (Lipinski definition) is 10. The highest BCUT2D eigenvalue weighted by molar-refractivity contribution is 5.82. The molecule has 1 aliphatic rings. The first-order chi connectivity index (χ1) is 18.6. The molecule has 1 aliphatic heterocycles. The topological polar surface area (TPSA) is 144 Å². The van der Waals surface area contributed by atoms with Crippen molar-refractivity contribution in [3.05, 3.63) is 0 Å². The highest BCUT2D eigenvalue weighted by Crippen LogP contribution is 2.34. The molecule has 42 heavy (non-hydrogen) atoms. The van der Waals surface area contributed by atoms with Crippen LogP contribution in [0.5, 0.6) is 0 Å². The fraction of sp³-hybridized carbons (Fsp3) is 0.839. The molecule has 0 radical (unpaired) electrons. The van der Waals surface area contributed by atoms with Gasteiger partial charge in [-0.3, -0.25) is 24.0 Å². The zero-order valence-corrected chi connectivity index (χ0v) is 28.2. The average molecular weight is 600 g/mol. The predicted molar refractivity (Wildman–Crippen MR) is 155 cm³/mol. The van der Waals surface area contributed by atoms with Gasteiger partial charge in [-0.25, -0.2) is 0 Å². The minimum atomic E-state index is -1.42. The zero-order valence-electron chi connectivity index (χ0n) is 28.2. The second kappa shape index (κ2) is 12.9. The first kappa shape index (κ1) is 37.3. The van der Waals surface area contributed by atoms with E-state index in [1.807, 2.05) is 0 Å². The molecular formula is C31H53NO10. The van der Waals surface area contributed by atoms with Crippen LogP contribution >= 0.6 is 0 Å². The van der Waals surface area contributed by atoms with E-state index < -0.39 is 94.1 Å². The van der Waals surface area contributed by atoms with Crippen molar-refractivity contribution < 1.29 is 47.7 Å². The fourth-order valence-corrected chi connectivity index (χ4v) is 3.19. The van der Waals surface area contributed by atoms with E-state index in [4.69, 9.17) is 23.7 Å². The number of esters is 4. The molecule has 1 amide bonds. The smallest absolute Gasteiger partial charge is 0.311 e. The largest absolute Gasteiger partial charge is 0.462 e. The molecule has 5 atom stereocenters. The van der Waals surface area contributed by atoms with Crippen molar-refractivity contribution in [2.45, 2.75) is 134 Å². The maximum atomic E-state index is 13.3. The van der Waals surface area contributed by atoms with Gasteiger partial charge in [0, 0.05) is 5.41 Å². The summed E-state index contributed by atoms with van der Waals surface area (Å²) in [7, 11) is 0. The van der Waals surface area contributed by atoms with E-state index in [0.29, 0.717) is 0 Å². The Morgan fingerprint density at radius 3 is 1.24 bits per heavy atom. The fourth-order valence-electron chi connectivity index (χ4n) is 3.19. The molecule has 1 fully saturated rings. The molecule has 0 aromatic carbocycles. The normalized spacial score (nSPS) is 23.8. The Morgan fingerprint density at radius 1 is 0.524 bits per heavy atom. The van der Waals surface area contributed by atoms with Gasteiger partial charge in [0.05, 0.1) is 21.7 Å². The molecule has 0 spiro atoms. The Morgan fingerprint density at radius 2 is 0.881 bits per heavy atom. The number of ether oxygens (including phenoxy) is 5. The lowest BCUT2D eigenvalue weighted by Crippen LogP contribution is -2.67.